The van der Waals surface area contributed by atoms with E-state index in [1.165, 1.54) is 12.0 Å². The predicted molar refractivity (Wildman–Crippen MR) is 74.9 cm³/mol. The molecule has 1 heteroatoms. The highest BCUT2D eigenvalue weighted by atomic mass is 16.3. The summed E-state index contributed by atoms with van der Waals surface area (Å²) in [5.74, 6) is 1.25. The molecule has 98 valence electrons. The van der Waals surface area contributed by atoms with Crippen LogP contribution in [0.2, 0.25) is 0 Å². The van der Waals surface area contributed by atoms with Gasteiger partial charge in [0.25, 0.3) is 0 Å². The Morgan fingerprint density at radius 3 is 2.65 bits per heavy atom. The summed E-state index contributed by atoms with van der Waals surface area (Å²) in [6, 6.07) is 0. The van der Waals surface area contributed by atoms with Crippen molar-refractivity contribution >= 4 is 0 Å². The Balaban J connectivity index is 2.77. The van der Waals surface area contributed by atoms with Crippen LogP contribution in [0.5, 0.6) is 0 Å². The van der Waals surface area contributed by atoms with Crippen molar-refractivity contribution in [1.82, 2.24) is 0 Å². The van der Waals surface area contributed by atoms with E-state index < -0.39 is 5.60 Å². The fourth-order valence-electron chi connectivity index (χ4n) is 2.93. The van der Waals surface area contributed by atoms with Gasteiger partial charge in [-0.1, -0.05) is 39.0 Å². The van der Waals surface area contributed by atoms with Crippen LogP contribution < -0.4 is 0 Å². The average molecular weight is 236 g/mol. The van der Waals surface area contributed by atoms with Gasteiger partial charge in [0.15, 0.2) is 0 Å². The van der Waals surface area contributed by atoms with Crippen molar-refractivity contribution in [3.8, 4) is 0 Å². The molecule has 1 N–H and O–H groups in total. The molecule has 0 radical (unpaired) electrons. The van der Waals surface area contributed by atoms with Crippen molar-refractivity contribution in [2.24, 2.45) is 17.3 Å². The maximum absolute atomic E-state index is 10.1. The predicted octanol–water partition coefficient (Wildman–Crippen LogP) is 4.33. The lowest BCUT2D eigenvalue weighted by Crippen LogP contribution is -2.39. The van der Waals surface area contributed by atoms with Crippen molar-refractivity contribution in [3.05, 3.63) is 24.8 Å². The second-order valence-electron chi connectivity index (χ2n) is 6.39. The number of hydrogen-bond donors (Lipinski definition) is 1. The van der Waals surface area contributed by atoms with Gasteiger partial charge in [0, 0.05) is 0 Å². The summed E-state index contributed by atoms with van der Waals surface area (Å²) in [6.07, 6.45) is 5.87. The van der Waals surface area contributed by atoms with Crippen LogP contribution in [-0.4, -0.2) is 10.7 Å². The van der Waals surface area contributed by atoms with Crippen LogP contribution in [0.25, 0.3) is 0 Å². The Hall–Kier alpha value is -0.560. The lowest BCUT2D eigenvalue weighted by Gasteiger charge is -2.47. The first-order valence-corrected chi connectivity index (χ1v) is 6.76. The summed E-state index contributed by atoms with van der Waals surface area (Å²) in [7, 11) is 0. The normalized spacial score (nSPS) is 37.6. The minimum Gasteiger partial charge on any atom is -0.386 e. The average Bonchev–Trinajstić information content (AvgIpc) is 2.30. The van der Waals surface area contributed by atoms with Gasteiger partial charge in [0.1, 0.15) is 0 Å². The van der Waals surface area contributed by atoms with Crippen LogP contribution in [0.15, 0.2) is 24.8 Å². The fraction of sp³-hybridized carbons (Fsp3) is 0.750. The molecule has 1 aliphatic carbocycles. The Morgan fingerprint density at radius 1 is 1.53 bits per heavy atom. The van der Waals surface area contributed by atoms with Gasteiger partial charge < -0.3 is 5.11 Å². The van der Waals surface area contributed by atoms with Crippen molar-refractivity contribution in [1.29, 1.82) is 0 Å². The molecule has 0 spiro atoms. The SMILES string of the molecule is C=CC(C)(O)CC[C@@]1(C)[C@H](C)C(=C)CC[C@@H]1C. The molecular formula is C16H28O. The molecule has 1 rings (SSSR count). The smallest absolute Gasteiger partial charge is 0.0797 e. The summed E-state index contributed by atoms with van der Waals surface area (Å²) in [5, 5.41) is 10.1. The zero-order valence-electron chi connectivity index (χ0n) is 11.9. The first kappa shape index (κ1) is 14.5. The van der Waals surface area contributed by atoms with E-state index in [1.807, 2.05) is 6.92 Å². The van der Waals surface area contributed by atoms with Crippen LogP contribution >= 0.6 is 0 Å². The van der Waals surface area contributed by atoms with E-state index in [2.05, 4.69) is 33.9 Å². The van der Waals surface area contributed by atoms with Gasteiger partial charge in [-0.25, -0.2) is 0 Å². The number of allylic oxidation sites excluding steroid dienone is 1. The molecule has 1 aliphatic rings. The number of rotatable bonds is 4. The first-order valence-electron chi connectivity index (χ1n) is 6.76. The minimum absolute atomic E-state index is 0.266. The summed E-state index contributed by atoms with van der Waals surface area (Å²) in [6.45, 7) is 16.7. The van der Waals surface area contributed by atoms with E-state index >= 15 is 0 Å². The Kier molecular flexibility index (Phi) is 4.24. The van der Waals surface area contributed by atoms with Crippen molar-refractivity contribution in [2.75, 3.05) is 0 Å². The quantitative estimate of drug-likeness (QED) is 0.720. The van der Waals surface area contributed by atoms with E-state index in [-0.39, 0.29) is 5.41 Å². The largest absolute Gasteiger partial charge is 0.386 e. The zero-order chi connectivity index (χ0) is 13.3. The molecule has 0 saturated heterocycles. The molecule has 1 saturated carbocycles. The van der Waals surface area contributed by atoms with Crippen molar-refractivity contribution in [2.45, 2.75) is 59.0 Å². The van der Waals surface area contributed by atoms with Crippen molar-refractivity contribution < 1.29 is 5.11 Å². The zero-order valence-corrected chi connectivity index (χ0v) is 11.9. The van der Waals surface area contributed by atoms with Crippen molar-refractivity contribution in [3.63, 3.8) is 0 Å². The van der Waals surface area contributed by atoms with E-state index in [1.54, 1.807) is 6.08 Å². The monoisotopic (exact) mass is 236 g/mol. The van der Waals surface area contributed by atoms with Crippen LogP contribution in [0.3, 0.4) is 0 Å². The Bertz CT molecular complexity index is 303. The molecule has 0 aromatic heterocycles. The highest BCUT2D eigenvalue weighted by molar-refractivity contribution is 5.11. The third-order valence-corrected chi connectivity index (χ3v) is 5.24. The Labute approximate surface area is 107 Å². The first-order chi connectivity index (χ1) is 7.73. The Morgan fingerprint density at radius 2 is 2.12 bits per heavy atom. The van der Waals surface area contributed by atoms with Gasteiger partial charge in [-0.15, -0.1) is 6.58 Å². The van der Waals surface area contributed by atoms with Gasteiger partial charge in [0.2, 0.25) is 0 Å². The van der Waals surface area contributed by atoms with E-state index in [9.17, 15) is 5.11 Å². The fourth-order valence-corrected chi connectivity index (χ4v) is 2.93. The van der Waals surface area contributed by atoms with Crippen LogP contribution in [0.4, 0.5) is 0 Å². The standard InChI is InChI=1S/C16H28O/c1-7-15(5,17)10-11-16(6)13(3)9-8-12(2)14(16)4/h7,13-14,17H,1-2,8-11H2,3-6H3/t13-,14+,15?,16+/m0/s1. The molecule has 0 aromatic carbocycles. The van der Waals surface area contributed by atoms with Gasteiger partial charge >= 0.3 is 0 Å². The van der Waals surface area contributed by atoms with Gasteiger partial charge in [-0.3, -0.25) is 0 Å². The highest BCUT2D eigenvalue weighted by Crippen LogP contribution is 2.50. The molecule has 0 heterocycles. The molecular weight excluding hydrogens is 208 g/mol. The van der Waals surface area contributed by atoms with Crippen LogP contribution in [0.1, 0.15) is 53.4 Å². The lowest BCUT2D eigenvalue weighted by atomic mass is 9.58. The van der Waals surface area contributed by atoms with Crippen LogP contribution in [-0.2, 0) is 0 Å². The summed E-state index contributed by atoms with van der Waals surface area (Å²) >= 11 is 0. The summed E-state index contributed by atoms with van der Waals surface area (Å²) in [4.78, 5) is 0. The third kappa shape index (κ3) is 3.01. The minimum atomic E-state index is -0.735. The highest BCUT2D eigenvalue weighted by Gasteiger charge is 2.41. The molecule has 0 aliphatic heterocycles. The summed E-state index contributed by atoms with van der Waals surface area (Å²) in [5.41, 5.74) is 0.910. The van der Waals surface area contributed by atoms with Gasteiger partial charge in [-0.2, -0.15) is 0 Å². The molecule has 1 fully saturated rings. The third-order valence-electron chi connectivity index (χ3n) is 5.24. The van der Waals surface area contributed by atoms with Gasteiger partial charge in [-0.05, 0) is 49.9 Å². The van der Waals surface area contributed by atoms with E-state index in [4.69, 9.17) is 0 Å². The molecule has 0 amide bonds. The second-order valence-corrected chi connectivity index (χ2v) is 6.39. The maximum atomic E-state index is 10.1. The molecule has 17 heavy (non-hydrogen) atoms. The summed E-state index contributed by atoms with van der Waals surface area (Å²) < 4.78 is 0. The maximum Gasteiger partial charge on any atom is 0.0797 e. The number of aliphatic hydroxyl groups is 1. The molecule has 1 nitrogen and oxygen atoms in total. The molecule has 4 atom stereocenters. The number of hydrogen-bond acceptors (Lipinski definition) is 1. The molecule has 0 bridgehead atoms. The van der Waals surface area contributed by atoms with Crippen LogP contribution in [0, 0.1) is 17.3 Å². The second kappa shape index (κ2) is 4.97. The topological polar surface area (TPSA) is 20.2 Å². The van der Waals surface area contributed by atoms with E-state index in [0.717, 1.165) is 19.3 Å². The lowest BCUT2D eigenvalue weighted by molar-refractivity contribution is 0.0380. The molecule has 0 aromatic rings. The molecule has 1 unspecified atom stereocenters. The van der Waals surface area contributed by atoms with Gasteiger partial charge in [0.05, 0.1) is 5.60 Å². The van der Waals surface area contributed by atoms with E-state index in [0.29, 0.717) is 11.8 Å².